The van der Waals surface area contributed by atoms with Gasteiger partial charge in [0.1, 0.15) is 5.82 Å². The second kappa shape index (κ2) is 10.5. The van der Waals surface area contributed by atoms with Gasteiger partial charge in [0.15, 0.2) is 16.8 Å². The van der Waals surface area contributed by atoms with Crippen molar-refractivity contribution in [3.63, 3.8) is 0 Å². The fourth-order valence-corrected chi connectivity index (χ4v) is 4.22. The van der Waals surface area contributed by atoms with Crippen LogP contribution in [0.4, 0.5) is 4.39 Å². The highest BCUT2D eigenvalue weighted by Gasteiger charge is 2.17. The Balaban J connectivity index is 1.55. The fraction of sp³-hybridized carbons (Fsp3) is 0.0833. The number of thioether (sulfide) groups is 1. The Kier molecular flexibility index (Phi) is 7.31. The van der Waals surface area contributed by atoms with E-state index in [9.17, 15) is 14.0 Å². The second-order valence-electron chi connectivity index (χ2n) is 6.98. The van der Waals surface area contributed by atoms with Crippen LogP contribution in [0, 0.1) is 5.82 Å². The first-order valence-corrected chi connectivity index (χ1v) is 11.7. The maximum absolute atomic E-state index is 13.4. The fourth-order valence-electron chi connectivity index (χ4n) is 3.09. The Hall–Kier alpha value is -3.30. The minimum absolute atomic E-state index is 0.0214. The van der Waals surface area contributed by atoms with Crippen molar-refractivity contribution in [3.05, 3.63) is 106 Å². The number of nitrogens with one attached hydrogen (secondary N) is 1. The summed E-state index contributed by atoms with van der Waals surface area (Å²) in [4.78, 5) is 25.0. The molecule has 0 aliphatic rings. The molecule has 0 radical (unpaired) electrons. The molecule has 6 nitrogen and oxygen atoms in total. The first-order chi connectivity index (χ1) is 16.0. The average molecular weight is 525 g/mol. The third-order valence-corrected chi connectivity index (χ3v) is 6.16. The summed E-state index contributed by atoms with van der Waals surface area (Å²) in [5, 5.41) is 11.8. The number of benzene rings is 3. The summed E-state index contributed by atoms with van der Waals surface area (Å²) in [6.45, 7) is 0.0750. The third-order valence-electron chi connectivity index (χ3n) is 4.71. The molecule has 4 rings (SSSR count). The van der Waals surface area contributed by atoms with Gasteiger partial charge in [-0.3, -0.25) is 14.2 Å². The summed E-state index contributed by atoms with van der Waals surface area (Å²) in [5.41, 5.74) is 1.63. The predicted molar refractivity (Wildman–Crippen MR) is 128 cm³/mol. The number of halogens is 2. The number of Topliss-reactive ketones (excluding diaryl/α,β-unsaturated/α-hetero) is 1. The van der Waals surface area contributed by atoms with Gasteiger partial charge >= 0.3 is 0 Å². The molecule has 0 bridgehead atoms. The molecule has 1 amide bonds. The number of hydrogen-bond acceptors (Lipinski definition) is 5. The van der Waals surface area contributed by atoms with Crippen molar-refractivity contribution in [2.45, 2.75) is 11.7 Å². The van der Waals surface area contributed by atoms with Crippen molar-refractivity contribution >= 4 is 39.4 Å². The van der Waals surface area contributed by atoms with E-state index in [-0.39, 0.29) is 23.6 Å². The Morgan fingerprint density at radius 3 is 2.39 bits per heavy atom. The molecule has 9 heteroatoms. The van der Waals surface area contributed by atoms with Gasteiger partial charge in [0, 0.05) is 21.3 Å². The van der Waals surface area contributed by atoms with E-state index in [1.807, 2.05) is 42.5 Å². The molecule has 0 aliphatic heterocycles. The van der Waals surface area contributed by atoms with Gasteiger partial charge in [0.25, 0.3) is 5.91 Å². The quantitative estimate of drug-likeness (QED) is 0.257. The van der Waals surface area contributed by atoms with Crippen LogP contribution in [0.3, 0.4) is 0 Å². The van der Waals surface area contributed by atoms with Gasteiger partial charge in [-0.25, -0.2) is 4.39 Å². The zero-order chi connectivity index (χ0) is 23.2. The first-order valence-electron chi connectivity index (χ1n) is 9.96. The molecule has 0 atom stereocenters. The molecule has 0 fully saturated rings. The molecule has 0 aliphatic carbocycles. The minimum Gasteiger partial charge on any atom is -0.345 e. The Morgan fingerprint density at radius 1 is 0.939 bits per heavy atom. The topological polar surface area (TPSA) is 76.9 Å². The number of hydrogen-bond donors (Lipinski definition) is 1. The molecule has 3 aromatic carbocycles. The Labute approximate surface area is 202 Å². The maximum Gasteiger partial charge on any atom is 0.251 e. The molecule has 0 spiro atoms. The SMILES string of the molecule is O=C(CSc1nnc(CNC(=O)c2cccc(F)c2)n1-c1ccc(Br)cc1)c1ccccc1. The Bertz CT molecular complexity index is 1280. The molecule has 0 unspecified atom stereocenters. The lowest BCUT2D eigenvalue weighted by molar-refractivity contribution is 0.0948. The third kappa shape index (κ3) is 5.74. The molecular formula is C24H18BrFN4O2S. The summed E-state index contributed by atoms with van der Waals surface area (Å²) in [6.07, 6.45) is 0. The largest absolute Gasteiger partial charge is 0.345 e. The van der Waals surface area contributed by atoms with Crippen LogP contribution in [-0.2, 0) is 6.54 Å². The highest BCUT2D eigenvalue weighted by atomic mass is 79.9. The number of aromatic nitrogens is 3. The smallest absolute Gasteiger partial charge is 0.251 e. The summed E-state index contributed by atoms with van der Waals surface area (Å²) in [5.74, 6) is -0.256. The van der Waals surface area contributed by atoms with E-state index in [0.717, 1.165) is 10.2 Å². The van der Waals surface area contributed by atoms with E-state index in [1.54, 1.807) is 16.7 Å². The van der Waals surface area contributed by atoms with Crippen LogP contribution in [0.1, 0.15) is 26.5 Å². The van der Waals surface area contributed by atoms with Gasteiger partial charge in [-0.15, -0.1) is 10.2 Å². The molecule has 33 heavy (non-hydrogen) atoms. The van der Waals surface area contributed by atoms with Gasteiger partial charge in [-0.1, -0.05) is 64.1 Å². The number of amides is 1. The van der Waals surface area contributed by atoms with Crippen LogP contribution in [0.2, 0.25) is 0 Å². The van der Waals surface area contributed by atoms with E-state index in [4.69, 9.17) is 0 Å². The lowest BCUT2D eigenvalue weighted by atomic mass is 10.2. The van der Waals surface area contributed by atoms with Crippen LogP contribution in [-0.4, -0.2) is 32.2 Å². The van der Waals surface area contributed by atoms with Crippen molar-refractivity contribution in [3.8, 4) is 5.69 Å². The van der Waals surface area contributed by atoms with E-state index >= 15 is 0 Å². The lowest BCUT2D eigenvalue weighted by Crippen LogP contribution is -2.24. The lowest BCUT2D eigenvalue weighted by Gasteiger charge is -2.11. The highest BCUT2D eigenvalue weighted by molar-refractivity contribution is 9.10. The van der Waals surface area contributed by atoms with Gasteiger partial charge in [-0.05, 0) is 42.5 Å². The van der Waals surface area contributed by atoms with E-state index in [1.165, 1.54) is 36.0 Å². The van der Waals surface area contributed by atoms with E-state index in [0.29, 0.717) is 16.5 Å². The molecule has 0 saturated carbocycles. The summed E-state index contributed by atoms with van der Waals surface area (Å²) in [7, 11) is 0. The summed E-state index contributed by atoms with van der Waals surface area (Å²) < 4.78 is 16.1. The molecule has 1 heterocycles. The van der Waals surface area contributed by atoms with Crippen LogP contribution in [0.15, 0.2) is 88.5 Å². The number of nitrogens with zero attached hydrogens (tertiary/aromatic N) is 3. The molecule has 0 saturated heterocycles. The predicted octanol–water partition coefficient (Wildman–Crippen LogP) is 5.07. The van der Waals surface area contributed by atoms with Crippen LogP contribution >= 0.6 is 27.7 Å². The standard InChI is InChI=1S/C24H18BrFN4O2S/c25-18-9-11-20(12-10-18)30-22(14-27-23(32)17-7-4-8-19(26)13-17)28-29-24(30)33-15-21(31)16-5-2-1-3-6-16/h1-13H,14-15H2,(H,27,32). The van der Waals surface area contributed by atoms with Gasteiger partial charge in [0.05, 0.1) is 12.3 Å². The number of ketones is 1. The monoisotopic (exact) mass is 524 g/mol. The van der Waals surface area contributed by atoms with Crippen molar-refractivity contribution in [2.75, 3.05) is 5.75 Å². The number of carbonyl (C=O) groups excluding carboxylic acids is 2. The molecule has 1 aromatic heterocycles. The zero-order valence-corrected chi connectivity index (χ0v) is 19.6. The zero-order valence-electron chi connectivity index (χ0n) is 17.2. The van der Waals surface area contributed by atoms with Crippen molar-refractivity contribution in [1.82, 2.24) is 20.1 Å². The summed E-state index contributed by atoms with van der Waals surface area (Å²) in [6, 6.07) is 22.0. The van der Waals surface area contributed by atoms with Crippen molar-refractivity contribution < 1.29 is 14.0 Å². The summed E-state index contributed by atoms with van der Waals surface area (Å²) >= 11 is 4.69. The molecule has 1 N–H and O–H groups in total. The van der Waals surface area contributed by atoms with E-state index in [2.05, 4.69) is 31.4 Å². The first kappa shape index (κ1) is 22.9. The van der Waals surface area contributed by atoms with Crippen LogP contribution in [0.25, 0.3) is 5.69 Å². The van der Waals surface area contributed by atoms with Crippen LogP contribution < -0.4 is 5.32 Å². The van der Waals surface area contributed by atoms with Crippen LogP contribution in [0.5, 0.6) is 0 Å². The number of rotatable bonds is 8. The van der Waals surface area contributed by atoms with Crippen molar-refractivity contribution in [2.24, 2.45) is 0 Å². The second-order valence-corrected chi connectivity index (χ2v) is 8.84. The average Bonchev–Trinajstić information content (AvgIpc) is 3.24. The number of carbonyl (C=O) groups is 2. The molecule has 4 aromatic rings. The molecular weight excluding hydrogens is 507 g/mol. The van der Waals surface area contributed by atoms with E-state index < -0.39 is 11.7 Å². The van der Waals surface area contributed by atoms with Gasteiger partial charge < -0.3 is 5.32 Å². The van der Waals surface area contributed by atoms with Gasteiger partial charge in [0.2, 0.25) is 0 Å². The van der Waals surface area contributed by atoms with Crippen molar-refractivity contribution in [1.29, 1.82) is 0 Å². The Morgan fingerprint density at radius 2 is 1.67 bits per heavy atom. The highest BCUT2D eigenvalue weighted by Crippen LogP contribution is 2.24. The minimum atomic E-state index is -0.484. The van der Waals surface area contributed by atoms with Gasteiger partial charge in [-0.2, -0.15) is 0 Å². The molecule has 166 valence electrons. The maximum atomic E-state index is 13.4. The normalized spacial score (nSPS) is 10.7.